The SMILES string of the molecule is CC1CCC(C)C1NCCF. The largest absolute Gasteiger partial charge is 0.311 e. The van der Waals surface area contributed by atoms with Gasteiger partial charge in [-0.25, -0.2) is 4.39 Å². The Labute approximate surface area is 68.4 Å². The standard InChI is InChI=1S/C9H18FN/c1-7-3-4-8(2)9(7)11-6-5-10/h7-9,11H,3-6H2,1-2H3. The van der Waals surface area contributed by atoms with Crippen LogP contribution in [0.4, 0.5) is 4.39 Å². The summed E-state index contributed by atoms with van der Waals surface area (Å²) < 4.78 is 11.8. The van der Waals surface area contributed by atoms with Crippen LogP contribution in [0.15, 0.2) is 0 Å². The fourth-order valence-electron chi connectivity index (χ4n) is 2.07. The maximum Gasteiger partial charge on any atom is 0.102 e. The molecule has 1 aliphatic carbocycles. The van der Waals surface area contributed by atoms with Crippen LogP contribution in [0.5, 0.6) is 0 Å². The van der Waals surface area contributed by atoms with Gasteiger partial charge in [-0.3, -0.25) is 0 Å². The summed E-state index contributed by atoms with van der Waals surface area (Å²) in [5.41, 5.74) is 0. The van der Waals surface area contributed by atoms with Gasteiger partial charge < -0.3 is 5.32 Å². The van der Waals surface area contributed by atoms with Gasteiger partial charge in [0.25, 0.3) is 0 Å². The molecule has 0 heterocycles. The van der Waals surface area contributed by atoms with Crippen LogP contribution in [0.1, 0.15) is 26.7 Å². The molecule has 0 amide bonds. The minimum Gasteiger partial charge on any atom is -0.311 e. The van der Waals surface area contributed by atoms with Crippen molar-refractivity contribution < 1.29 is 4.39 Å². The first kappa shape index (κ1) is 8.98. The fourth-order valence-corrected chi connectivity index (χ4v) is 2.07. The van der Waals surface area contributed by atoms with Gasteiger partial charge in [0.2, 0.25) is 0 Å². The summed E-state index contributed by atoms with van der Waals surface area (Å²) in [4.78, 5) is 0. The second-order valence-corrected chi connectivity index (χ2v) is 3.70. The van der Waals surface area contributed by atoms with Crippen molar-refractivity contribution in [1.29, 1.82) is 0 Å². The molecule has 2 heteroatoms. The van der Waals surface area contributed by atoms with Crippen LogP contribution in [-0.4, -0.2) is 19.3 Å². The number of rotatable bonds is 3. The van der Waals surface area contributed by atoms with Crippen molar-refractivity contribution >= 4 is 0 Å². The van der Waals surface area contributed by atoms with Gasteiger partial charge in [0.15, 0.2) is 0 Å². The highest BCUT2D eigenvalue weighted by Gasteiger charge is 2.29. The second-order valence-electron chi connectivity index (χ2n) is 3.70. The average molecular weight is 159 g/mol. The van der Waals surface area contributed by atoms with Crippen LogP contribution in [0.2, 0.25) is 0 Å². The van der Waals surface area contributed by atoms with Gasteiger partial charge in [0.05, 0.1) is 0 Å². The zero-order chi connectivity index (χ0) is 8.27. The van der Waals surface area contributed by atoms with Crippen molar-refractivity contribution in [1.82, 2.24) is 5.32 Å². The minimum absolute atomic E-state index is 0.240. The van der Waals surface area contributed by atoms with Crippen molar-refractivity contribution in [2.45, 2.75) is 32.7 Å². The zero-order valence-electron chi connectivity index (χ0n) is 7.44. The molecule has 0 aromatic heterocycles. The molecular weight excluding hydrogens is 141 g/mol. The molecule has 0 bridgehead atoms. The van der Waals surface area contributed by atoms with E-state index in [-0.39, 0.29) is 6.67 Å². The van der Waals surface area contributed by atoms with Crippen LogP contribution in [0.25, 0.3) is 0 Å². The van der Waals surface area contributed by atoms with E-state index in [1.54, 1.807) is 0 Å². The lowest BCUT2D eigenvalue weighted by molar-refractivity contribution is 0.345. The molecule has 66 valence electrons. The summed E-state index contributed by atoms with van der Waals surface area (Å²) >= 11 is 0. The van der Waals surface area contributed by atoms with Crippen molar-refractivity contribution in [3.8, 4) is 0 Å². The molecule has 1 saturated carbocycles. The topological polar surface area (TPSA) is 12.0 Å². The maximum atomic E-state index is 11.8. The van der Waals surface area contributed by atoms with Crippen molar-refractivity contribution in [3.63, 3.8) is 0 Å². The van der Waals surface area contributed by atoms with E-state index >= 15 is 0 Å². The molecule has 11 heavy (non-hydrogen) atoms. The maximum absolute atomic E-state index is 11.8. The number of hydrogen-bond acceptors (Lipinski definition) is 1. The quantitative estimate of drug-likeness (QED) is 0.664. The molecule has 0 spiro atoms. The summed E-state index contributed by atoms with van der Waals surface area (Å²) in [6.07, 6.45) is 2.59. The number of halogens is 1. The van der Waals surface area contributed by atoms with E-state index in [4.69, 9.17) is 0 Å². The number of nitrogens with one attached hydrogen (secondary N) is 1. The normalized spacial score (nSPS) is 37.9. The van der Waals surface area contributed by atoms with E-state index in [1.165, 1.54) is 12.8 Å². The Morgan fingerprint density at radius 1 is 1.27 bits per heavy atom. The van der Waals surface area contributed by atoms with E-state index in [9.17, 15) is 4.39 Å². The Morgan fingerprint density at radius 2 is 1.82 bits per heavy atom. The number of alkyl halides is 1. The van der Waals surface area contributed by atoms with Crippen molar-refractivity contribution in [2.75, 3.05) is 13.2 Å². The molecular formula is C9H18FN. The predicted molar refractivity (Wildman–Crippen MR) is 45.3 cm³/mol. The Hall–Kier alpha value is -0.110. The van der Waals surface area contributed by atoms with Crippen LogP contribution < -0.4 is 5.32 Å². The first-order valence-corrected chi connectivity index (χ1v) is 4.55. The Balaban J connectivity index is 2.29. The Bertz CT molecular complexity index is 106. The summed E-state index contributed by atoms with van der Waals surface area (Å²) in [6, 6.07) is 0.561. The molecule has 0 aliphatic heterocycles. The molecule has 1 nitrogen and oxygen atoms in total. The van der Waals surface area contributed by atoms with Crippen LogP contribution in [0.3, 0.4) is 0 Å². The Morgan fingerprint density at radius 3 is 2.27 bits per heavy atom. The van der Waals surface area contributed by atoms with Crippen LogP contribution in [-0.2, 0) is 0 Å². The molecule has 1 N–H and O–H groups in total. The van der Waals surface area contributed by atoms with Gasteiger partial charge in [-0.05, 0) is 24.7 Å². The van der Waals surface area contributed by atoms with Crippen LogP contribution in [0, 0.1) is 11.8 Å². The third kappa shape index (κ3) is 2.16. The fraction of sp³-hybridized carbons (Fsp3) is 1.00. The summed E-state index contributed by atoms with van der Waals surface area (Å²) in [6.45, 7) is 4.79. The lowest BCUT2D eigenvalue weighted by atomic mass is 10.0. The molecule has 0 saturated heterocycles. The smallest absolute Gasteiger partial charge is 0.102 e. The monoisotopic (exact) mass is 159 g/mol. The molecule has 0 radical (unpaired) electrons. The van der Waals surface area contributed by atoms with E-state index in [0.717, 1.165) is 11.8 Å². The predicted octanol–water partition coefficient (Wildman–Crippen LogP) is 1.98. The first-order valence-electron chi connectivity index (χ1n) is 4.55. The third-order valence-corrected chi connectivity index (χ3v) is 2.78. The molecule has 2 atom stereocenters. The van der Waals surface area contributed by atoms with E-state index < -0.39 is 0 Å². The average Bonchev–Trinajstić information content (AvgIpc) is 2.29. The third-order valence-electron chi connectivity index (χ3n) is 2.78. The highest BCUT2D eigenvalue weighted by atomic mass is 19.1. The van der Waals surface area contributed by atoms with Gasteiger partial charge >= 0.3 is 0 Å². The second kappa shape index (κ2) is 4.05. The molecule has 0 aromatic carbocycles. The summed E-state index contributed by atoms with van der Waals surface area (Å²) in [5, 5.41) is 3.26. The molecule has 0 aromatic rings. The van der Waals surface area contributed by atoms with Crippen molar-refractivity contribution in [2.24, 2.45) is 11.8 Å². The Kier molecular flexibility index (Phi) is 3.31. The highest BCUT2D eigenvalue weighted by Crippen LogP contribution is 2.30. The lowest BCUT2D eigenvalue weighted by Crippen LogP contribution is -2.36. The molecule has 1 fully saturated rings. The van der Waals surface area contributed by atoms with Gasteiger partial charge in [-0.2, -0.15) is 0 Å². The van der Waals surface area contributed by atoms with Gasteiger partial charge in [0.1, 0.15) is 6.67 Å². The highest BCUT2D eigenvalue weighted by molar-refractivity contribution is 4.85. The molecule has 1 aliphatic rings. The van der Waals surface area contributed by atoms with Crippen molar-refractivity contribution in [3.05, 3.63) is 0 Å². The lowest BCUT2D eigenvalue weighted by Gasteiger charge is -2.20. The van der Waals surface area contributed by atoms with Gasteiger partial charge in [0, 0.05) is 12.6 Å². The number of hydrogen-bond donors (Lipinski definition) is 1. The van der Waals surface area contributed by atoms with Crippen LogP contribution >= 0.6 is 0 Å². The minimum atomic E-state index is -0.240. The summed E-state index contributed by atoms with van der Waals surface area (Å²) in [7, 11) is 0. The van der Waals surface area contributed by atoms with E-state index in [0.29, 0.717) is 12.6 Å². The summed E-state index contributed by atoms with van der Waals surface area (Å²) in [5.74, 6) is 1.47. The molecule has 1 rings (SSSR count). The van der Waals surface area contributed by atoms with Gasteiger partial charge in [-0.1, -0.05) is 13.8 Å². The van der Waals surface area contributed by atoms with E-state index in [2.05, 4.69) is 19.2 Å². The first-order chi connectivity index (χ1) is 5.25. The van der Waals surface area contributed by atoms with E-state index in [1.807, 2.05) is 0 Å². The van der Waals surface area contributed by atoms with Gasteiger partial charge in [-0.15, -0.1) is 0 Å². The molecule has 2 unspecified atom stereocenters. The zero-order valence-corrected chi connectivity index (χ0v) is 7.44.